The van der Waals surface area contributed by atoms with Gasteiger partial charge < -0.3 is 9.80 Å². The molecule has 0 saturated carbocycles. The molecule has 0 bridgehead atoms. The molecule has 5 aromatic rings. The maximum atomic E-state index is 2.49. The number of para-hydroxylation sites is 2. The van der Waals surface area contributed by atoms with Crippen LogP contribution in [0.15, 0.2) is 115 Å². The van der Waals surface area contributed by atoms with E-state index in [9.17, 15) is 0 Å². The van der Waals surface area contributed by atoms with Gasteiger partial charge in [0.05, 0.1) is 5.54 Å². The van der Waals surface area contributed by atoms with E-state index < -0.39 is 0 Å². The van der Waals surface area contributed by atoms with Crippen molar-refractivity contribution in [2.45, 2.75) is 64.3 Å². The van der Waals surface area contributed by atoms with Crippen molar-refractivity contribution in [2.24, 2.45) is 0 Å². The Labute approximate surface area is 280 Å². The van der Waals surface area contributed by atoms with Gasteiger partial charge in [0.1, 0.15) is 0 Å². The van der Waals surface area contributed by atoms with E-state index in [0.717, 1.165) is 13.0 Å². The largest absolute Gasteiger partial charge is 0.341 e. The maximum absolute atomic E-state index is 2.49. The quantitative estimate of drug-likeness (QED) is 0.186. The van der Waals surface area contributed by atoms with E-state index in [1.54, 1.807) is 0 Å². The standard InChI is InChI=1S/C45H44N2/c1-43(2)27-28-46(42-14-10-8-12-38(42)43)34-20-17-31(18-21-34)15-16-32-19-23-36-37-24-22-35(30-40(37)45(5,6)39(36)29-32)47-41-13-9-7-11-33(41)25-26-44(47,3)4/h7-26,29-30H,27-28H2,1-6H3/b16-15+. The third kappa shape index (κ3) is 4.85. The molecule has 0 N–H and O–H groups in total. The zero-order chi connectivity index (χ0) is 32.6. The van der Waals surface area contributed by atoms with E-state index >= 15 is 0 Å². The minimum absolute atomic E-state index is 0.0965. The Balaban J connectivity index is 1.06. The molecule has 234 valence electrons. The zero-order valence-electron chi connectivity index (χ0n) is 28.5. The first-order chi connectivity index (χ1) is 22.5. The Hall–Kier alpha value is -4.82. The van der Waals surface area contributed by atoms with Crippen LogP contribution in [0.5, 0.6) is 0 Å². The van der Waals surface area contributed by atoms with E-state index in [1.165, 1.54) is 67.3 Å². The molecule has 47 heavy (non-hydrogen) atoms. The Bertz CT molecular complexity index is 2070. The number of fused-ring (bicyclic) bond motifs is 5. The number of hydrogen-bond acceptors (Lipinski definition) is 2. The van der Waals surface area contributed by atoms with Gasteiger partial charge >= 0.3 is 0 Å². The average molecular weight is 613 g/mol. The molecule has 3 aliphatic rings. The summed E-state index contributed by atoms with van der Waals surface area (Å²) < 4.78 is 0. The summed E-state index contributed by atoms with van der Waals surface area (Å²) in [5.41, 5.74) is 15.7. The first-order valence-corrected chi connectivity index (χ1v) is 17.1. The first-order valence-electron chi connectivity index (χ1n) is 17.1. The van der Waals surface area contributed by atoms with Crippen molar-refractivity contribution in [1.29, 1.82) is 0 Å². The minimum Gasteiger partial charge on any atom is -0.341 e. The van der Waals surface area contributed by atoms with Gasteiger partial charge in [-0.05, 0) is 107 Å². The Morgan fingerprint density at radius 2 is 1.19 bits per heavy atom. The number of hydrogen-bond donors (Lipinski definition) is 0. The molecule has 2 heteroatoms. The third-order valence-corrected chi connectivity index (χ3v) is 10.9. The van der Waals surface area contributed by atoms with Gasteiger partial charge in [0.2, 0.25) is 0 Å². The van der Waals surface area contributed by atoms with Gasteiger partial charge in [0, 0.05) is 34.7 Å². The van der Waals surface area contributed by atoms with Crippen molar-refractivity contribution in [3.8, 4) is 11.1 Å². The van der Waals surface area contributed by atoms with Crippen LogP contribution in [0.1, 0.15) is 81.3 Å². The summed E-state index contributed by atoms with van der Waals surface area (Å²) >= 11 is 0. The second kappa shape index (κ2) is 10.6. The van der Waals surface area contributed by atoms with Gasteiger partial charge in [-0.15, -0.1) is 0 Å². The van der Waals surface area contributed by atoms with Crippen LogP contribution < -0.4 is 9.80 Å². The molecular formula is C45H44N2. The molecular weight excluding hydrogens is 569 g/mol. The van der Waals surface area contributed by atoms with Gasteiger partial charge in [-0.2, -0.15) is 0 Å². The van der Waals surface area contributed by atoms with Crippen LogP contribution in [0, 0.1) is 0 Å². The van der Waals surface area contributed by atoms with Crippen molar-refractivity contribution in [3.63, 3.8) is 0 Å². The van der Waals surface area contributed by atoms with Gasteiger partial charge in [-0.3, -0.25) is 0 Å². The van der Waals surface area contributed by atoms with Crippen molar-refractivity contribution in [2.75, 3.05) is 16.3 Å². The summed E-state index contributed by atoms with van der Waals surface area (Å²) in [6.45, 7) is 15.1. The van der Waals surface area contributed by atoms with Crippen molar-refractivity contribution in [1.82, 2.24) is 0 Å². The zero-order valence-corrected chi connectivity index (χ0v) is 28.5. The Kier molecular flexibility index (Phi) is 6.67. The highest BCUT2D eigenvalue weighted by Crippen LogP contribution is 2.51. The summed E-state index contributed by atoms with van der Waals surface area (Å²) in [6.07, 6.45) is 10.2. The first kappa shape index (κ1) is 29.6. The molecule has 0 saturated heterocycles. The highest BCUT2D eigenvalue weighted by Gasteiger charge is 2.38. The van der Waals surface area contributed by atoms with Crippen LogP contribution in [-0.2, 0) is 10.8 Å². The highest BCUT2D eigenvalue weighted by molar-refractivity contribution is 5.87. The fraction of sp³-hybridized carbons (Fsp3) is 0.244. The van der Waals surface area contributed by atoms with Crippen LogP contribution in [0.2, 0.25) is 0 Å². The van der Waals surface area contributed by atoms with Gasteiger partial charge in [0.15, 0.2) is 0 Å². The summed E-state index contributed by atoms with van der Waals surface area (Å²) in [5.74, 6) is 0. The predicted molar refractivity (Wildman–Crippen MR) is 202 cm³/mol. The lowest BCUT2D eigenvalue weighted by Gasteiger charge is -2.42. The second-order valence-corrected chi connectivity index (χ2v) is 15.3. The molecule has 0 radical (unpaired) electrons. The molecule has 2 aliphatic heterocycles. The fourth-order valence-corrected chi connectivity index (χ4v) is 8.12. The average Bonchev–Trinajstić information content (AvgIpc) is 3.29. The van der Waals surface area contributed by atoms with E-state index in [2.05, 4.69) is 185 Å². The molecule has 0 atom stereocenters. The molecule has 2 heterocycles. The molecule has 2 nitrogen and oxygen atoms in total. The minimum atomic E-state index is -0.121. The maximum Gasteiger partial charge on any atom is 0.0580 e. The molecule has 8 rings (SSSR count). The second-order valence-electron chi connectivity index (χ2n) is 15.3. The number of nitrogens with zero attached hydrogens (tertiary/aromatic N) is 2. The topological polar surface area (TPSA) is 6.48 Å². The summed E-state index contributed by atoms with van der Waals surface area (Å²) in [4.78, 5) is 4.97. The molecule has 0 fully saturated rings. The summed E-state index contributed by atoms with van der Waals surface area (Å²) in [6, 6.07) is 40.7. The number of benzene rings is 5. The highest BCUT2D eigenvalue weighted by atomic mass is 15.2. The van der Waals surface area contributed by atoms with Crippen LogP contribution >= 0.6 is 0 Å². The van der Waals surface area contributed by atoms with E-state index in [-0.39, 0.29) is 16.4 Å². The van der Waals surface area contributed by atoms with Gasteiger partial charge in [0.25, 0.3) is 0 Å². The lowest BCUT2D eigenvalue weighted by Crippen LogP contribution is -2.40. The molecule has 1 aliphatic carbocycles. The Morgan fingerprint density at radius 1 is 0.574 bits per heavy atom. The Morgan fingerprint density at radius 3 is 1.98 bits per heavy atom. The third-order valence-electron chi connectivity index (χ3n) is 10.9. The lowest BCUT2D eigenvalue weighted by atomic mass is 9.77. The molecule has 0 amide bonds. The fourth-order valence-electron chi connectivity index (χ4n) is 8.12. The SMILES string of the molecule is CC1(C)CCN(c2ccc(/C=C/c3ccc4c(c3)C(C)(C)c3cc(N5c6ccccc6C=CC5(C)C)ccc3-4)cc2)c2ccccc21. The molecule has 0 aromatic heterocycles. The van der Waals surface area contributed by atoms with E-state index in [1.807, 2.05) is 0 Å². The van der Waals surface area contributed by atoms with E-state index in [0.29, 0.717) is 0 Å². The number of rotatable bonds is 4. The molecule has 0 unspecified atom stereocenters. The molecule has 5 aromatic carbocycles. The summed E-state index contributed by atoms with van der Waals surface area (Å²) in [7, 11) is 0. The van der Waals surface area contributed by atoms with Crippen LogP contribution in [0.4, 0.5) is 22.7 Å². The summed E-state index contributed by atoms with van der Waals surface area (Å²) in [5, 5.41) is 0. The van der Waals surface area contributed by atoms with Gasteiger partial charge in [-0.25, -0.2) is 0 Å². The van der Waals surface area contributed by atoms with Crippen LogP contribution in [0.3, 0.4) is 0 Å². The van der Waals surface area contributed by atoms with Crippen LogP contribution in [0.25, 0.3) is 29.4 Å². The number of anilines is 4. The molecule has 0 spiro atoms. The van der Waals surface area contributed by atoms with Gasteiger partial charge in [-0.1, -0.05) is 125 Å². The van der Waals surface area contributed by atoms with Crippen LogP contribution in [-0.4, -0.2) is 12.1 Å². The lowest BCUT2D eigenvalue weighted by molar-refractivity contribution is 0.467. The smallest absolute Gasteiger partial charge is 0.0580 e. The van der Waals surface area contributed by atoms with Crippen molar-refractivity contribution in [3.05, 3.63) is 149 Å². The normalized spacial score (nSPS) is 18.1. The predicted octanol–water partition coefficient (Wildman–Crippen LogP) is 11.9. The van der Waals surface area contributed by atoms with Crippen molar-refractivity contribution >= 4 is 41.0 Å². The van der Waals surface area contributed by atoms with E-state index in [4.69, 9.17) is 0 Å². The van der Waals surface area contributed by atoms with Crippen molar-refractivity contribution < 1.29 is 0 Å². The monoisotopic (exact) mass is 612 g/mol.